The van der Waals surface area contributed by atoms with E-state index in [-0.39, 0.29) is 5.91 Å². The molecule has 6 nitrogen and oxygen atoms in total. The van der Waals surface area contributed by atoms with E-state index < -0.39 is 5.97 Å². The van der Waals surface area contributed by atoms with E-state index in [2.05, 4.69) is 26.9 Å². The van der Waals surface area contributed by atoms with Gasteiger partial charge in [-0.3, -0.25) is 15.0 Å². The number of likely N-dealkylation sites (tertiary alicyclic amines) is 1. The van der Waals surface area contributed by atoms with Crippen molar-refractivity contribution in [2.45, 2.75) is 26.3 Å². The topological polar surface area (TPSA) is 71.5 Å². The Hall–Kier alpha value is -1.77. The van der Waals surface area contributed by atoms with Crippen LogP contribution >= 0.6 is 22.7 Å². The first kappa shape index (κ1) is 18.0. The normalized spacial score (nSPS) is 15.9. The molecule has 1 saturated heterocycles. The SMILES string of the molecule is COC(=O)c1ccc(C(=O)Nc2nc(CN3CCC(C)CC3)cs2)s1. The summed E-state index contributed by atoms with van der Waals surface area (Å²) >= 11 is 2.53. The van der Waals surface area contributed by atoms with Gasteiger partial charge in [0.05, 0.1) is 17.7 Å². The predicted octanol–water partition coefficient (Wildman–Crippen LogP) is 3.48. The second-order valence-corrected chi connectivity index (χ2v) is 8.15. The van der Waals surface area contributed by atoms with Crippen molar-refractivity contribution >= 4 is 39.7 Å². The van der Waals surface area contributed by atoms with Gasteiger partial charge in [0.25, 0.3) is 5.91 Å². The van der Waals surface area contributed by atoms with Crippen LogP contribution in [0.1, 0.15) is 44.8 Å². The summed E-state index contributed by atoms with van der Waals surface area (Å²) in [5.41, 5.74) is 0.983. The van der Waals surface area contributed by atoms with Crippen LogP contribution in [-0.4, -0.2) is 42.0 Å². The number of piperidine rings is 1. The lowest BCUT2D eigenvalue weighted by molar-refractivity contribution is 0.0606. The number of amides is 1. The van der Waals surface area contributed by atoms with Gasteiger partial charge in [0.2, 0.25) is 0 Å². The number of nitrogens with zero attached hydrogens (tertiary/aromatic N) is 2. The van der Waals surface area contributed by atoms with E-state index in [1.54, 1.807) is 12.1 Å². The van der Waals surface area contributed by atoms with Crippen LogP contribution in [0.15, 0.2) is 17.5 Å². The molecule has 134 valence electrons. The zero-order chi connectivity index (χ0) is 17.8. The number of carbonyl (C=O) groups is 2. The van der Waals surface area contributed by atoms with Gasteiger partial charge >= 0.3 is 5.97 Å². The number of carbonyl (C=O) groups excluding carboxylic acids is 2. The molecular weight excluding hydrogens is 358 g/mol. The summed E-state index contributed by atoms with van der Waals surface area (Å²) in [7, 11) is 1.32. The minimum atomic E-state index is -0.434. The number of aromatic nitrogens is 1. The summed E-state index contributed by atoms with van der Waals surface area (Å²) < 4.78 is 4.65. The summed E-state index contributed by atoms with van der Waals surface area (Å²) in [6.07, 6.45) is 2.46. The largest absolute Gasteiger partial charge is 0.465 e. The maximum Gasteiger partial charge on any atom is 0.348 e. The van der Waals surface area contributed by atoms with E-state index in [1.165, 1.54) is 31.3 Å². The molecule has 8 heteroatoms. The first-order valence-corrected chi connectivity index (χ1v) is 9.91. The standard InChI is InChI=1S/C17H21N3O3S2/c1-11-5-7-20(8-6-11)9-12-10-24-17(18-12)19-15(21)13-3-4-14(25-13)16(22)23-2/h3-4,10-11H,5-9H2,1-2H3,(H,18,19,21). The van der Waals surface area contributed by atoms with Gasteiger partial charge in [-0.2, -0.15) is 0 Å². The molecule has 0 aromatic carbocycles. The molecule has 1 aliphatic heterocycles. The third-order valence-electron chi connectivity index (χ3n) is 4.25. The van der Waals surface area contributed by atoms with Crippen LogP contribution in [0.25, 0.3) is 0 Å². The molecule has 0 bridgehead atoms. The molecular formula is C17H21N3O3S2. The van der Waals surface area contributed by atoms with Crippen LogP contribution in [0.5, 0.6) is 0 Å². The van der Waals surface area contributed by atoms with E-state index in [9.17, 15) is 9.59 Å². The maximum atomic E-state index is 12.3. The van der Waals surface area contributed by atoms with Gasteiger partial charge in [0.1, 0.15) is 4.88 Å². The van der Waals surface area contributed by atoms with Crippen molar-refractivity contribution in [3.05, 3.63) is 33.0 Å². The van der Waals surface area contributed by atoms with Gasteiger partial charge in [-0.15, -0.1) is 22.7 Å². The predicted molar refractivity (Wildman–Crippen MR) is 99.4 cm³/mol. The van der Waals surface area contributed by atoms with Crippen molar-refractivity contribution < 1.29 is 14.3 Å². The number of rotatable bonds is 5. The highest BCUT2D eigenvalue weighted by atomic mass is 32.1. The molecule has 2 aromatic rings. The monoisotopic (exact) mass is 379 g/mol. The van der Waals surface area contributed by atoms with Crippen LogP contribution in [0.4, 0.5) is 5.13 Å². The number of methoxy groups -OCH3 is 1. The lowest BCUT2D eigenvalue weighted by atomic mass is 9.99. The number of anilines is 1. The van der Waals surface area contributed by atoms with Gasteiger partial charge < -0.3 is 4.74 Å². The smallest absolute Gasteiger partial charge is 0.348 e. The van der Waals surface area contributed by atoms with Crippen LogP contribution in [-0.2, 0) is 11.3 Å². The summed E-state index contributed by atoms with van der Waals surface area (Å²) in [5.74, 6) is 0.117. The van der Waals surface area contributed by atoms with E-state index in [1.807, 2.05) is 5.38 Å². The minimum absolute atomic E-state index is 0.257. The van der Waals surface area contributed by atoms with Crippen molar-refractivity contribution in [2.24, 2.45) is 5.92 Å². The molecule has 0 atom stereocenters. The highest BCUT2D eigenvalue weighted by Gasteiger charge is 2.18. The lowest BCUT2D eigenvalue weighted by Gasteiger charge is -2.29. The van der Waals surface area contributed by atoms with E-state index >= 15 is 0 Å². The molecule has 0 saturated carbocycles. The van der Waals surface area contributed by atoms with Crippen molar-refractivity contribution in [3.63, 3.8) is 0 Å². The van der Waals surface area contributed by atoms with Crippen molar-refractivity contribution in [3.8, 4) is 0 Å². The Morgan fingerprint density at radius 2 is 2.04 bits per heavy atom. The quantitative estimate of drug-likeness (QED) is 0.806. The highest BCUT2D eigenvalue weighted by molar-refractivity contribution is 7.16. The van der Waals surface area contributed by atoms with E-state index in [0.717, 1.165) is 42.6 Å². The van der Waals surface area contributed by atoms with Gasteiger partial charge in [0, 0.05) is 11.9 Å². The molecule has 1 aliphatic rings. The molecule has 1 amide bonds. The van der Waals surface area contributed by atoms with Crippen LogP contribution < -0.4 is 5.32 Å². The molecule has 1 fully saturated rings. The number of hydrogen-bond donors (Lipinski definition) is 1. The fraction of sp³-hybridized carbons (Fsp3) is 0.471. The zero-order valence-corrected chi connectivity index (χ0v) is 15.9. The second kappa shape index (κ2) is 8.07. The maximum absolute atomic E-state index is 12.3. The highest BCUT2D eigenvalue weighted by Crippen LogP contribution is 2.23. The number of ether oxygens (including phenoxy) is 1. The van der Waals surface area contributed by atoms with Gasteiger partial charge in [-0.25, -0.2) is 9.78 Å². The average molecular weight is 380 g/mol. The van der Waals surface area contributed by atoms with Gasteiger partial charge in [-0.05, 0) is 44.0 Å². The van der Waals surface area contributed by atoms with E-state index in [0.29, 0.717) is 14.9 Å². The molecule has 3 heterocycles. The first-order valence-electron chi connectivity index (χ1n) is 8.21. The number of nitrogens with one attached hydrogen (secondary N) is 1. The first-order chi connectivity index (χ1) is 12.0. The Bertz CT molecular complexity index is 748. The van der Waals surface area contributed by atoms with Crippen molar-refractivity contribution in [1.29, 1.82) is 0 Å². The molecule has 3 rings (SSSR count). The molecule has 0 aliphatic carbocycles. The Morgan fingerprint density at radius 1 is 1.32 bits per heavy atom. The van der Waals surface area contributed by atoms with Gasteiger partial charge in [-0.1, -0.05) is 6.92 Å². The zero-order valence-electron chi connectivity index (χ0n) is 14.3. The molecule has 2 aromatic heterocycles. The Labute approximate surface area is 154 Å². The van der Waals surface area contributed by atoms with Crippen molar-refractivity contribution in [2.75, 3.05) is 25.5 Å². The van der Waals surface area contributed by atoms with Crippen LogP contribution in [0, 0.1) is 5.92 Å². The number of esters is 1. The number of hydrogen-bond acceptors (Lipinski definition) is 7. The van der Waals surface area contributed by atoms with Gasteiger partial charge in [0.15, 0.2) is 5.13 Å². The molecule has 25 heavy (non-hydrogen) atoms. The van der Waals surface area contributed by atoms with Crippen molar-refractivity contribution in [1.82, 2.24) is 9.88 Å². The summed E-state index contributed by atoms with van der Waals surface area (Å²) in [6.45, 7) is 5.33. The van der Waals surface area contributed by atoms with Crippen LogP contribution in [0.3, 0.4) is 0 Å². The summed E-state index contributed by atoms with van der Waals surface area (Å²) in [6, 6.07) is 3.21. The number of thiophene rings is 1. The fourth-order valence-corrected chi connectivity index (χ4v) is 4.23. The third kappa shape index (κ3) is 4.65. The van der Waals surface area contributed by atoms with E-state index in [4.69, 9.17) is 0 Å². The average Bonchev–Trinajstić information content (AvgIpc) is 3.26. The molecule has 0 unspecified atom stereocenters. The van der Waals surface area contributed by atoms with Crippen LogP contribution in [0.2, 0.25) is 0 Å². The summed E-state index contributed by atoms with van der Waals surface area (Å²) in [4.78, 5) is 31.5. The molecule has 0 radical (unpaired) electrons. The fourth-order valence-electron chi connectivity index (χ4n) is 2.72. The second-order valence-electron chi connectivity index (χ2n) is 6.21. The molecule has 1 N–H and O–H groups in total. The third-order valence-corrected chi connectivity index (χ3v) is 6.12. The Balaban J connectivity index is 1.56. The summed E-state index contributed by atoms with van der Waals surface area (Å²) in [5, 5.41) is 5.37. The number of thiazole rings is 1. The lowest BCUT2D eigenvalue weighted by Crippen LogP contribution is -2.32. The molecule has 0 spiro atoms. The minimum Gasteiger partial charge on any atom is -0.465 e. The Kier molecular flexibility index (Phi) is 5.82. The Morgan fingerprint density at radius 3 is 2.76 bits per heavy atom.